The lowest BCUT2D eigenvalue weighted by molar-refractivity contribution is 0.173. The first-order valence-electron chi connectivity index (χ1n) is 7.14. The lowest BCUT2D eigenvalue weighted by Gasteiger charge is -2.21. The average molecular weight is 278 g/mol. The molecule has 1 aliphatic carbocycles. The van der Waals surface area contributed by atoms with Gasteiger partial charge in [-0.2, -0.15) is 0 Å². The number of hydrogen-bond donors (Lipinski definition) is 3. The van der Waals surface area contributed by atoms with Gasteiger partial charge in [-0.3, -0.25) is 0 Å². The van der Waals surface area contributed by atoms with Crippen LogP contribution in [0.3, 0.4) is 0 Å². The molecule has 20 heavy (non-hydrogen) atoms. The highest BCUT2D eigenvalue weighted by Crippen LogP contribution is 2.26. The van der Waals surface area contributed by atoms with Gasteiger partial charge in [-0.25, -0.2) is 4.79 Å². The van der Waals surface area contributed by atoms with E-state index in [0.717, 1.165) is 31.2 Å². The molecule has 2 amide bonds. The number of aliphatic hydroxyl groups is 1. The van der Waals surface area contributed by atoms with Crippen molar-refractivity contribution in [3.8, 4) is 5.75 Å². The van der Waals surface area contributed by atoms with Crippen molar-refractivity contribution in [2.24, 2.45) is 0 Å². The lowest BCUT2D eigenvalue weighted by Crippen LogP contribution is -2.43. The maximum atomic E-state index is 11.9. The largest absolute Gasteiger partial charge is 0.508 e. The van der Waals surface area contributed by atoms with Crippen molar-refractivity contribution in [1.29, 1.82) is 0 Å². The van der Waals surface area contributed by atoms with Crippen LogP contribution in [0.1, 0.15) is 24.8 Å². The van der Waals surface area contributed by atoms with Gasteiger partial charge in [0.15, 0.2) is 0 Å². The molecule has 1 saturated carbocycles. The van der Waals surface area contributed by atoms with Crippen LogP contribution in [0, 0.1) is 0 Å². The Morgan fingerprint density at radius 2 is 2.00 bits per heavy atom. The highest BCUT2D eigenvalue weighted by atomic mass is 16.3. The number of nitrogens with one attached hydrogen (secondary N) is 1. The molecule has 5 nitrogen and oxygen atoms in total. The fourth-order valence-electron chi connectivity index (χ4n) is 2.20. The van der Waals surface area contributed by atoms with Gasteiger partial charge in [-0.15, -0.1) is 0 Å². The van der Waals surface area contributed by atoms with Crippen molar-refractivity contribution >= 4 is 6.03 Å². The number of carbonyl (C=O) groups excluding carboxylic acids is 1. The molecule has 0 bridgehead atoms. The minimum Gasteiger partial charge on any atom is -0.508 e. The summed E-state index contributed by atoms with van der Waals surface area (Å²) in [4.78, 5) is 13.7. The van der Waals surface area contributed by atoms with Crippen molar-refractivity contribution in [2.45, 2.75) is 31.7 Å². The molecule has 3 N–H and O–H groups in total. The van der Waals surface area contributed by atoms with Gasteiger partial charge in [0.1, 0.15) is 5.75 Å². The Labute approximate surface area is 119 Å². The summed E-state index contributed by atoms with van der Waals surface area (Å²) < 4.78 is 0. The number of amides is 2. The fraction of sp³-hybridized carbons (Fsp3) is 0.533. The maximum Gasteiger partial charge on any atom is 0.317 e. The zero-order valence-corrected chi connectivity index (χ0v) is 11.6. The molecule has 1 fully saturated rings. The summed E-state index contributed by atoms with van der Waals surface area (Å²) in [6.45, 7) is 1.04. The van der Waals surface area contributed by atoms with E-state index < -0.39 is 0 Å². The Balaban J connectivity index is 1.67. The molecule has 2 rings (SSSR count). The molecule has 1 aromatic carbocycles. The molecule has 0 radical (unpaired) electrons. The molecular formula is C15H22N2O3. The molecule has 0 atom stereocenters. The van der Waals surface area contributed by atoms with E-state index in [-0.39, 0.29) is 18.4 Å². The van der Waals surface area contributed by atoms with E-state index in [0.29, 0.717) is 19.1 Å². The van der Waals surface area contributed by atoms with E-state index in [1.807, 2.05) is 12.1 Å². The van der Waals surface area contributed by atoms with Gasteiger partial charge < -0.3 is 20.4 Å². The Morgan fingerprint density at radius 3 is 2.60 bits per heavy atom. The smallest absolute Gasteiger partial charge is 0.317 e. The molecule has 5 heteroatoms. The minimum atomic E-state index is -0.0766. The van der Waals surface area contributed by atoms with E-state index in [4.69, 9.17) is 5.11 Å². The normalized spacial score (nSPS) is 14.1. The third-order valence-electron chi connectivity index (χ3n) is 3.44. The van der Waals surface area contributed by atoms with Crippen LogP contribution in [0.15, 0.2) is 24.3 Å². The standard InChI is InChI=1S/C15H22N2O3/c18-11-10-17(13-5-6-13)15(20)16-9-1-2-12-3-7-14(19)8-4-12/h3-4,7-8,13,18-19H,1-2,5-6,9-11H2,(H,16,20). The second kappa shape index (κ2) is 7.14. The topological polar surface area (TPSA) is 72.8 Å². The van der Waals surface area contributed by atoms with Gasteiger partial charge in [0.25, 0.3) is 0 Å². The van der Waals surface area contributed by atoms with Gasteiger partial charge in [0.2, 0.25) is 0 Å². The Bertz CT molecular complexity index is 429. The van der Waals surface area contributed by atoms with Crippen LogP contribution < -0.4 is 5.32 Å². The quantitative estimate of drug-likeness (QED) is 0.662. The second-order valence-electron chi connectivity index (χ2n) is 5.15. The zero-order valence-electron chi connectivity index (χ0n) is 11.6. The molecule has 1 aromatic rings. The number of nitrogens with zero attached hydrogens (tertiary/aromatic N) is 1. The SMILES string of the molecule is O=C(NCCCc1ccc(O)cc1)N(CCO)C1CC1. The number of urea groups is 1. The number of aryl methyl sites for hydroxylation is 1. The first kappa shape index (κ1) is 14.7. The summed E-state index contributed by atoms with van der Waals surface area (Å²) in [6, 6.07) is 7.36. The van der Waals surface area contributed by atoms with Crippen LogP contribution in [0.4, 0.5) is 4.79 Å². The minimum absolute atomic E-state index is 0.0113. The number of aliphatic hydroxyl groups excluding tert-OH is 1. The summed E-state index contributed by atoms with van der Waals surface area (Å²) in [5.74, 6) is 0.270. The Kier molecular flexibility index (Phi) is 5.24. The predicted octanol–water partition coefficient (Wildman–Crippen LogP) is 1.49. The number of phenolic OH excluding ortho intramolecular Hbond substituents is 1. The third kappa shape index (κ3) is 4.42. The maximum absolute atomic E-state index is 11.9. The number of aromatic hydroxyl groups is 1. The molecular weight excluding hydrogens is 256 g/mol. The van der Waals surface area contributed by atoms with E-state index in [2.05, 4.69) is 5.32 Å². The van der Waals surface area contributed by atoms with Crippen LogP contribution >= 0.6 is 0 Å². The third-order valence-corrected chi connectivity index (χ3v) is 3.44. The Morgan fingerprint density at radius 1 is 1.30 bits per heavy atom. The van der Waals surface area contributed by atoms with E-state index in [1.165, 1.54) is 0 Å². The number of hydrogen-bond acceptors (Lipinski definition) is 3. The molecule has 110 valence electrons. The number of benzene rings is 1. The van der Waals surface area contributed by atoms with Gasteiger partial charge in [0.05, 0.1) is 6.61 Å². The van der Waals surface area contributed by atoms with Crippen LogP contribution in [0.5, 0.6) is 5.75 Å². The zero-order chi connectivity index (χ0) is 14.4. The number of rotatable bonds is 7. The summed E-state index contributed by atoms with van der Waals surface area (Å²) >= 11 is 0. The van der Waals surface area contributed by atoms with Crippen molar-refractivity contribution in [3.05, 3.63) is 29.8 Å². The van der Waals surface area contributed by atoms with Gasteiger partial charge in [-0.1, -0.05) is 12.1 Å². The predicted molar refractivity (Wildman–Crippen MR) is 76.6 cm³/mol. The molecule has 0 spiro atoms. The lowest BCUT2D eigenvalue weighted by atomic mass is 10.1. The molecule has 0 unspecified atom stereocenters. The summed E-state index contributed by atoms with van der Waals surface area (Å²) in [5, 5.41) is 21.0. The summed E-state index contributed by atoms with van der Waals surface area (Å²) in [7, 11) is 0. The summed E-state index contributed by atoms with van der Waals surface area (Å²) in [6.07, 6.45) is 3.81. The van der Waals surface area contributed by atoms with Crippen molar-refractivity contribution in [1.82, 2.24) is 10.2 Å². The van der Waals surface area contributed by atoms with E-state index in [9.17, 15) is 9.90 Å². The van der Waals surface area contributed by atoms with Gasteiger partial charge in [0, 0.05) is 19.1 Å². The van der Waals surface area contributed by atoms with Crippen molar-refractivity contribution in [3.63, 3.8) is 0 Å². The fourth-order valence-corrected chi connectivity index (χ4v) is 2.20. The summed E-state index contributed by atoms with van der Waals surface area (Å²) in [5.41, 5.74) is 1.14. The molecule has 0 aliphatic heterocycles. The highest BCUT2D eigenvalue weighted by molar-refractivity contribution is 5.74. The first-order chi connectivity index (χ1) is 9.70. The van der Waals surface area contributed by atoms with Crippen molar-refractivity contribution in [2.75, 3.05) is 19.7 Å². The van der Waals surface area contributed by atoms with Crippen molar-refractivity contribution < 1.29 is 15.0 Å². The van der Waals surface area contributed by atoms with Crippen LogP contribution in [0.25, 0.3) is 0 Å². The highest BCUT2D eigenvalue weighted by Gasteiger charge is 2.31. The Hall–Kier alpha value is -1.75. The van der Waals surface area contributed by atoms with Crippen LogP contribution in [-0.4, -0.2) is 46.9 Å². The first-order valence-corrected chi connectivity index (χ1v) is 7.14. The molecule has 1 aliphatic rings. The van der Waals surface area contributed by atoms with Crippen LogP contribution in [-0.2, 0) is 6.42 Å². The number of phenols is 1. The van der Waals surface area contributed by atoms with Gasteiger partial charge in [-0.05, 0) is 43.4 Å². The molecule has 0 heterocycles. The van der Waals surface area contributed by atoms with Gasteiger partial charge >= 0.3 is 6.03 Å². The molecule has 0 aromatic heterocycles. The second-order valence-corrected chi connectivity index (χ2v) is 5.15. The average Bonchev–Trinajstić information content (AvgIpc) is 3.27. The molecule has 0 saturated heterocycles. The van der Waals surface area contributed by atoms with E-state index in [1.54, 1.807) is 17.0 Å². The van der Waals surface area contributed by atoms with E-state index >= 15 is 0 Å². The van der Waals surface area contributed by atoms with Crippen LogP contribution in [0.2, 0.25) is 0 Å². The monoisotopic (exact) mass is 278 g/mol. The number of carbonyl (C=O) groups is 1.